The summed E-state index contributed by atoms with van der Waals surface area (Å²) >= 11 is 0. The van der Waals surface area contributed by atoms with Gasteiger partial charge in [0.25, 0.3) is 5.91 Å². The van der Waals surface area contributed by atoms with Gasteiger partial charge in [-0.3, -0.25) is 4.79 Å². The quantitative estimate of drug-likeness (QED) is 0.684. The number of anilines is 1. The van der Waals surface area contributed by atoms with Gasteiger partial charge in [0.05, 0.1) is 18.3 Å². The van der Waals surface area contributed by atoms with Gasteiger partial charge in [-0.15, -0.1) is 0 Å². The minimum atomic E-state index is -0.472. The van der Waals surface area contributed by atoms with Gasteiger partial charge < -0.3 is 11.1 Å². The number of H-pyrrole nitrogens is 1. The molecule has 0 fully saturated rings. The lowest BCUT2D eigenvalue weighted by atomic mass is 10.2. The van der Waals surface area contributed by atoms with E-state index in [0.29, 0.717) is 5.69 Å². The van der Waals surface area contributed by atoms with Crippen LogP contribution in [0, 0.1) is 17.7 Å². The molecule has 96 valence electrons. The number of carbonyl (C=O) groups excluding carboxylic acids is 1. The highest BCUT2D eigenvalue weighted by Crippen LogP contribution is 2.14. The fourth-order valence-electron chi connectivity index (χ4n) is 1.35. The predicted octanol–water partition coefficient (Wildman–Crippen LogP) is 0.506. The summed E-state index contributed by atoms with van der Waals surface area (Å²) in [7, 11) is 0. The van der Waals surface area contributed by atoms with E-state index in [-0.39, 0.29) is 17.8 Å². The van der Waals surface area contributed by atoms with E-state index in [2.05, 4.69) is 32.6 Å². The standard InChI is InChI=1S/C12H10FN5O/c13-10-4-3-9(6-8(10)2-1-5-14)16-12(19)11-7-15-18-17-11/h3-4,6-7H,5,14H2,(H,16,19)(H,15,17,18). The second-order valence-corrected chi connectivity index (χ2v) is 3.51. The summed E-state index contributed by atoms with van der Waals surface area (Å²) < 4.78 is 13.4. The number of aromatic amines is 1. The summed E-state index contributed by atoms with van der Waals surface area (Å²) in [5, 5.41) is 12.0. The number of rotatable bonds is 2. The molecule has 1 aromatic heterocycles. The van der Waals surface area contributed by atoms with Gasteiger partial charge >= 0.3 is 0 Å². The first-order valence-electron chi connectivity index (χ1n) is 5.36. The van der Waals surface area contributed by atoms with Crippen molar-refractivity contribution >= 4 is 11.6 Å². The summed E-state index contributed by atoms with van der Waals surface area (Å²) in [4.78, 5) is 11.7. The number of amides is 1. The molecule has 0 unspecified atom stereocenters. The average molecular weight is 259 g/mol. The third-order valence-corrected chi connectivity index (χ3v) is 2.20. The number of carbonyl (C=O) groups is 1. The first kappa shape index (κ1) is 12.7. The third kappa shape index (κ3) is 3.14. The number of nitrogens with one attached hydrogen (secondary N) is 2. The number of aromatic nitrogens is 3. The number of hydrogen-bond acceptors (Lipinski definition) is 4. The molecule has 0 radical (unpaired) electrons. The maximum absolute atomic E-state index is 13.4. The maximum Gasteiger partial charge on any atom is 0.277 e. The molecule has 4 N–H and O–H groups in total. The van der Waals surface area contributed by atoms with E-state index >= 15 is 0 Å². The Bertz CT molecular complexity index is 642. The van der Waals surface area contributed by atoms with E-state index in [1.807, 2.05) is 0 Å². The van der Waals surface area contributed by atoms with Crippen LogP contribution in [0.5, 0.6) is 0 Å². The molecule has 7 heteroatoms. The summed E-state index contributed by atoms with van der Waals surface area (Å²) in [6.07, 6.45) is 1.29. The van der Waals surface area contributed by atoms with Gasteiger partial charge in [0, 0.05) is 5.69 Å². The van der Waals surface area contributed by atoms with E-state index < -0.39 is 11.7 Å². The van der Waals surface area contributed by atoms with Crippen molar-refractivity contribution < 1.29 is 9.18 Å². The Morgan fingerprint density at radius 1 is 1.53 bits per heavy atom. The van der Waals surface area contributed by atoms with Crippen molar-refractivity contribution in [2.24, 2.45) is 5.73 Å². The van der Waals surface area contributed by atoms with Gasteiger partial charge in [-0.1, -0.05) is 11.8 Å². The molecule has 0 aliphatic heterocycles. The smallest absolute Gasteiger partial charge is 0.277 e. The summed E-state index contributed by atoms with van der Waals surface area (Å²) in [5.41, 5.74) is 5.95. The number of nitrogens with two attached hydrogens (primary N) is 1. The normalized spacial score (nSPS) is 9.58. The fraction of sp³-hybridized carbons (Fsp3) is 0.0833. The van der Waals surface area contributed by atoms with E-state index in [1.165, 1.54) is 24.4 Å². The number of nitrogens with zero attached hydrogens (tertiary/aromatic N) is 2. The lowest BCUT2D eigenvalue weighted by molar-refractivity contribution is 0.102. The Morgan fingerprint density at radius 2 is 2.37 bits per heavy atom. The van der Waals surface area contributed by atoms with E-state index in [0.717, 1.165) is 0 Å². The first-order chi connectivity index (χ1) is 9.20. The van der Waals surface area contributed by atoms with E-state index in [1.54, 1.807) is 0 Å². The fourth-order valence-corrected chi connectivity index (χ4v) is 1.35. The van der Waals surface area contributed by atoms with Gasteiger partial charge in [0.1, 0.15) is 5.82 Å². The van der Waals surface area contributed by atoms with E-state index in [4.69, 9.17) is 5.73 Å². The van der Waals surface area contributed by atoms with Gasteiger partial charge in [0.15, 0.2) is 5.69 Å². The summed E-state index contributed by atoms with van der Waals surface area (Å²) in [6.45, 7) is 0.134. The Morgan fingerprint density at radius 3 is 3.05 bits per heavy atom. The highest BCUT2D eigenvalue weighted by molar-refractivity contribution is 6.02. The van der Waals surface area contributed by atoms with Crippen molar-refractivity contribution in [1.29, 1.82) is 0 Å². The minimum absolute atomic E-state index is 0.134. The van der Waals surface area contributed by atoms with Crippen LogP contribution in [0.15, 0.2) is 24.4 Å². The van der Waals surface area contributed by atoms with Crippen molar-refractivity contribution in [2.45, 2.75) is 0 Å². The molecule has 0 aliphatic carbocycles. The van der Waals surface area contributed by atoms with Crippen LogP contribution in [0.4, 0.5) is 10.1 Å². The van der Waals surface area contributed by atoms with Crippen LogP contribution in [0.1, 0.15) is 16.1 Å². The van der Waals surface area contributed by atoms with Gasteiger partial charge in [0.2, 0.25) is 0 Å². The van der Waals surface area contributed by atoms with Crippen molar-refractivity contribution in [3.63, 3.8) is 0 Å². The molecule has 6 nitrogen and oxygen atoms in total. The van der Waals surface area contributed by atoms with Crippen LogP contribution < -0.4 is 11.1 Å². The van der Waals surface area contributed by atoms with Crippen molar-refractivity contribution in [1.82, 2.24) is 15.4 Å². The van der Waals surface area contributed by atoms with Crippen molar-refractivity contribution in [3.05, 3.63) is 41.5 Å². The number of halogens is 1. The second-order valence-electron chi connectivity index (χ2n) is 3.51. The molecule has 0 aliphatic rings. The zero-order valence-electron chi connectivity index (χ0n) is 9.77. The molecular weight excluding hydrogens is 249 g/mol. The maximum atomic E-state index is 13.4. The Hall–Kier alpha value is -2.72. The topological polar surface area (TPSA) is 96.7 Å². The molecule has 0 atom stereocenters. The number of hydrogen-bond donors (Lipinski definition) is 3. The van der Waals surface area contributed by atoms with Gasteiger partial charge in [-0.05, 0) is 18.2 Å². The highest BCUT2D eigenvalue weighted by atomic mass is 19.1. The summed E-state index contributed by atoms with van der Waals surface area (Å²) in [5.74, 6) is 4.22. The van der Waals surface area contributed by atoms with Gasteiger partial charge in [-0.2, -0.15) is 15.4 Å². The van der Waals surface area contributed by atoms with Crippen LogP contribution in [0.3, 0.4) is 0 Å². The molecule has 2 rings (SSSR count). The molecule has 0 spiro atoms. The Kier molecular flexibility index (Phi) is 3.85. The molecule has 0 saturated heterocycles. The minimum Gasteiger partial charge on any atom is -0.320 e. The van der Waals surface area contributed by atoms with Crippen LogP contribution >= 0.6 is 0 Å². The highest BCUT2D eigenvalue weighted by Gasteiger charge is 2.09. The van der Waals surface area contributed by atoms with Crippen molar-refractivity contribution in [3.8, 4) is 11.8 Å². The first-order valence-corrected chi connectivity index (χ1v) is 5.36. The summed E-state index contributed by atoms with van der Waals surface area (Å²) in [6, 6.07) is 4.08. The molecule has 1 heterocycles. The second kappa shape index (κ2) is 5.75. The monoisotopic (exact) mass is 259 g/mol. The molecule has 19 heavy (non-hydrogen) atoms. The van der Waals surface area contributed by atoms with Crippen molar-refractivity contribution in [2.75, 3.05) is 11.9 Å². The predicted molar refractivity (Wildman–Crippen MR) is 66.7 cm³/mol. The molecule has 0 bridgehead atoms. The number of benzene rings is 1. The Balaban J connectivity index is 2.19. The van der Waals surface area contributed by atoms with Gasteiger partial charge in [-0.25, -0.2) is 4.39 Å². The lowest BCUT2D eigenvalue weighted by Crippen LogP contribution is -2.12. The van der Waals surface area contributed by atoms with Crippen LogP contribution in [0.2, 0.25) is 0 Å². The molecule has 1 aromatic carbocycles. The SMILES string of the molecule is NCC#Cc1cc(NC(=O)c2cn[nH]n2)ccc1F. The van der Waals surface area contributed by atoms with Crippen LogP contribution in [0.25, 0.3) is 0 Å². The lowest BCUT2D eigenvalue weighted by Gasteiger charge is -2.04. The largest absolute Gasteiger partial charge is 0.320 e. The molecular formula is C12H10FN5O. The Labute approximate surface area is 108 Å². The molecule has 0 saturated carbocycles. The zero-order valence-corrected chi connectivity index (χ0v) is 9.77. The van der Waals surface area contributed by atoms with Crippen LogP contribution in [-0.4, -0.2) is 27.9 Å². The third-order valence-electron chi connectivity index (χ3n) is 2.20. The zero-order chi connectivity index (χ0) is 13.7. The molecule has 1 amide bonds. The molecule has 2 aromatic rings. The average Bonchev–Trinajstić information content (AvgIpc) is 2.93. The van der Waals surface area contributed by atoms with Crippen LogP contribution in [-0.2, 0) is 0 Å². The van der Waals surface area contributed by atoms with E-state index in [9.17, 15) is 9.18 Å².